The summed E-state index contributed by atoms with van der Waals surface area (Å²) in [6.45, 7) is 5.51. The average molecular weight is 365 g/mol. The number of nitrogens with one attached hydrogen (secondary N) is 1. The molecule has 26 heavy (non-hydrogen) atoms. The molecule has 1 N–H and O–H groups in total. The van der Waals surface area contributed by atoms with Crippen LogP contribution in [0.2, 0.25) is 0 Å². The van der Waals surface area contributed by atoms with E-state index < -0.39 is 0 Å². The highest BCUT2D eigenvalue weighted by Crippen LogP contribution is 2.35. The van der Waals surface area contributed by atoms with Gasteiger partial charge in [-0.05, 0) is 32.8 Å². The largest absolute Gasteiger partial charge is 0.347 e. The third kappa shape index (κ3) is 3.30. The van der Waals surface area contributed by atoms with Gasteiger partial charge >= 0.3 is 0 Å². The van der Waals surface area contributed by atoms with Gasteiger partial charge in [0.15, 0.2) is 10.9 Å². The Balaban J connectivity index is 1.66. The van der Waals surface area contributed by atoms with E-state index in [0.717, 1.165) is 64.4 Å². The first-order valence-electron chi connectivity index (χ1n) is 8.62. The molecule has 132 valence electrons. The number of pyridine rings is 1. The molecule has 0 amide bonds. The molecule has 1 aliphatic heterocycles. The van der Waals surface area contributed by atoms with Gasteiger partial charge in [0.1, 0.15) is 11.6 Å². The van der Waals surface area contributed by atoms with E-state index in [9.17, 15) is 5.26 Å². The number of piperidine rings is 1. The maximum atomic E-state index is 9.22. The molecule has 0 aromatic carbocycles. The van der Waals surface area contributed by atoms with Crippen LogP contribution in [0.4, 0.5) is 16.8 Å². The molecule has 0 spiro atoms. The van der Waals surface area contributed by atoms with Crippen LogP contribution in [0, 0.1) is 31.1 Å². The minimum atomic E-state index is 0.0819. The lowest BCUT2D eigenvalue weighted by molar-refractivity contribution is 0.493. The number of hydrogen-bond acceptors (Lipinski definition) is 8. The van der Waals surface area contributed by atoms with Crippen molar-refractivity contribution in [3.63, 3.8) is 0 Å². The van der Waals surface area contributed by atoms with E-state index in [-0.39, 0.29) is 5.92 Å². The van der Waals surface area contributed by atoms with Crippen LogP contribution < -0.4 is 10.2 Å². The van der Waals surface area contributed by atoms with Gasteiger partial charge in [-0.3, -0.25) is 0 Å². The molecule has 4 rings (SSSR count). The van der Waals surface area contributed by atoms with Crippen LogP contribution in [0.1, 0.15) is 24.4 Å². The molecule has 7 nitrogen and oxygen atoms in total. The predicted octanol–water partition coefficient (Wildman–Crippen LogP) is 3.58. The van der Waals surface area contributed by atoms with Crippen LogP contribution in [-0.4, -0.2) is 33.0 Å². The first-order valence-corrected chi connectivity index (χ1v) is 9.43. The molecule has 1 saturated heterocycles. The zero-order chi connectivity index (χ0) is 18.1. The Morgan fingerprint density at radius 1 is 1.31 bits per heavy atom. The van der Waals surface area contributed by atoms with E-state index in [2.05, 4.69) is 31.2 Å². The quantitative estimate of drug-likeness (QED) is 0.758. The van der Waals surface area contributed by atoms with E-state index >= 15 is 0 Å². The first-order chi connectivity index (χ1) is 12.6. The summed E-state index contributed by atoms with van der Waals surface area (Å²) in [5, 5.41) is 13.5. The highest BCUT2D eigenvalue weighted by molar-refractivity contribution is 7.22. The molecule has 1 fully saturated rings. The topological polar surface area (TPSA) is 90.6 Å². The third-order valence-corrected chi connectivity index (χ3v) is 5.52. The third-order valence-electron chi connectivity index (χ3n) is 4.38. The van der Waals surface area contributed by atoms with Crippen LogP contribution in [0.25, 0.3) is 10.2 Å². The summed E-state index contributed by atoms with van der Waals surface area (Å²) in [4.78, 5) is 20.2. The number of thiazole rings is 1. The lowest BCUT2D eigenvalue weighted by atomic mass is 10.0. The van der Waals surface area contributed by atoms with Gasteiger partial charge in [0.25, 0.3) is 0 Å². The standard InChI is InChI=1S/C18H19N7S/c1-11-8-15(22-12(2)21-11)24-17-16-14(5-6-20-17)23-18(26-16)25-7-3-4-13(9-19)10-25/h5-6,8,13H,3-4,7,10H2,1-2H3,(H,20,21,22,24). The fraction of sp³-hybridized carbons (Fsp3) is 0.389. The van der Waals surface area contributed by atoms with Crippen LogP contribution in [0.5, 0.6) is 0 Å². The summed E-state index contributed by atoms with van der Waals surface area (Å²) in [7, 11) is 0. The molecule has 1 unspecified atom stereocenters. The Bertz CT molecular complexity index is 971. The van der Waals surface area contributed by atoms with Crippen molar-refractivity contribution in [1.82, 2.24) is 19.9 Å². The van der Waals surface area contributed by atoms with Crippen molar-refractivity contribution in [3.05, 3.63) is 29.8 Å². The molecule has 1 atom stereocenters. The van der Waals surface area contributed by atoms with Gasteiger partial charge in [0.2, 0.25) is 0 Å². The Labute approximate surface area is 155 Å². The number of nitrogens with zero attached hydrogens (tertiary/aromatic N) is 6. The van der Waals surface area contributed by atoms with E-state index in [1.54, 1.807) is 17.5 Å². The zero-order valence-corrected chi connectivity index (χ0v) is 15.5. The van der Waals surface area contributed by atoms with Gasteiger partial charge in [-0.15, -0.1) is 0 Å². The normalized spacial score (nSPS) is 17.3. The molecule has 3 aromatic heterocycles. The Kier molecular flexibility index (Phi) is 4.39. The fourth-order valence-electron chi connectivity index (χ4n) is 3.23. The number of rotatable bonds is 3. The summed E-state index contributed by atoms with van der Waals surface area (Å²) in [5.74, 6) is 2.28. The highest BCUT2D eigenvalue weighted by Gasteiger charge is 2.22. The van der Waals surface area contributed by atoms with Crippen molar-refractivity contribution in [2.75, 3.05) is 23.3 Å². The Morgan fingerprint density at radius 3 is 3.00 bits per heavy atom. The number of aromatic nitrogens is 4. The summed E-state index contributed by atoms with van der Waals surface area (Å²) in [6, 6.07) is 6.21. The van der Waals surface area contributed by atoms with Crippen LogP contribution in [0.15, 0.2) is 18.3 Å². The summed E-state index contributed by atoms with van der Waals surface area (Å²) in [6.07, 6.45) is 3.75. The molecule has 0 bridgehead atoms. The van der Waals surface area contributed by atoms with Crippen molar-refractivity contribution >= 4 is 38.3 Å². The number of anilines is 3. The van der Waals surface area contributed by atoms with E-state index in [0.29, 0.717) is 0 Å². The lowest BCUT2D eigenvalue weighted by Crippen LogP contribution is -2.34. The molecule has 3 aromatic rings. The van der Waals surface area contributed by atoms with Gasteiger partial charge in [-0.1, -0.05) is 11.3 Å². The Hall–Kier alpha value is -2.79. The number of fused-ring (bicyclic) bond motifs is 1. The highest BCUT2D eigenvalue weighted by atomic mass is 32.1. The summed E-state index contributed by atoms with van der Waals surface area (Å²) in [5.41, 5.74) is 1.82. The SMILES string of the molecule is Cc1cc(Nc2nccc3nc(N4CCCC(C#N)C4)sc23)nc(C)n1. The molecular formula is C18H19N7S. The number of aryl methyl sites for hydroxylation is 2. The van der Waals surface area contributed by atoms with E-state index in [4.69, 9.17) is 4.98 Å². The number of hydrogen-bond donors (Lipinski definition) is 1. The van der Waals surface area contributed by atoms with Gasteiger partial charge in [-0.25, -0.2) is 19.9 Å². The van der Waals surface area contributed by atoms with Crippen molar-refractivity contribution in [2.24, 2.45) is 5.92 Å². The number of nitriles is 1. The second-order valence-electron chi connectivity index (χ2n) is 6.49. The summed E-state index contributed by atoms with van der Waals surface area (Å²) >= 11 is 1.61. The maximum absolute atomic E-state index is 9.22. The maximum Gasteiger partial charge on any atom is 0.186 e. The molecule has 0 aliphatic carbocycles. The Morgan fingerprint density at radius 2 is 2.19 bits per heavy atom. The van der Waals surface area contributed by atoms with Crippen LogP contribution in [-0.2, 0) is 0 Å². The molecule has 8 heteroatoms. The molecular weight excluding hydrogens is 346 g/mol. The first kappa shape index (κ1) is 16.7. The molecule has 0 radical (unpaired) electrons. The van der Waals surface area contributed by atoms with Gasteiger partial charge in [-0.2, -0.15) is 5.26 Å². The van der Waals surface area contributed by atoms with Crippen molar-refractivity contribution in [1.29, 1.82) is 5.26 Å². The van der Waals surface area contributed by atoms with Crippen molar-refractivity contribution in [3.8, 4) is 6.07 Å². The van der Waals surface area contributed by atoms with Crippen LogP contribution >= 0.6 is 11.3 Å². The second-order valence-corrected chi connectivity index (χ2v) is 7.46. The smallest absolute Gasteiger partial charge is 0.186 e. The van der Waals surface area contributed by atoms with E-state index in [1.165, 1.54) is 0 Å². The van der Waals surface area contributed by atoms with Crippen molar-refractivity contribution < 1.29 is 0 Å². The second kappa shape index (κ2) is 6.84. The van der Waals surface area contributed by atoms with E-state index in [1.807, 2.05) is 26.0 Å². The molecule has 0 saturated carbocycles. The average Bonchev–Trinajstić information content (AvgIpc) is 3.06. The van der Waals surface area contributed by atoms with Gasteiger partial charge < -0.3 is 10.2 Å². The van der Waals surface area contributed by atoms with Crippen LogP contribution in [0.3, 0.4) is 0 Å². The minimum absolute atomic E-state index is 0.0819. The lowest BCUT2D eigenvalue weighted by Gasteiger charge is -2.28. The minimum Gasteiger partial charge on any atom is -0.347 e. The van der Waals surface area contributed by atoms with Gasteiger partial charge in [0.05, 0.1) is 22.2 Å². The predicted molar refractivity (Wildman–Crippen MR) is 103 cm³/mol. The van der Waals surface area contributed by atoms with Gasteiger partial charge in [0, 0.05) is 31.0 Å². The fourth-order valence-corrected chi connectivity index (χ4v) is 4.27. The summed E-state index contributed by atoms with van der Waals surface area (Å²) < 4.78 is 0.996. The molecule has 4 heterocycles. The zero-order valence-electron chi connectivity index (χ0n) is 14.7. The molecule has 1 aliphatic rings. The van der Waals surface area contributed by atoms with Crippen molar-refractivity contribution in [2.45, 2.75) is 26.7 Å². The monoisotopic (exact) mass is 365 g/mol.